The first-order valence-corrected chi connectivity index (χ1v) is 13.8. The van der Waals surface area contributed by atoms with Crippen molar-refractivity contribution in [2.75, 3.05) is 13.7 Å². The molecule has 0 radical (unpaired) electrons. The number of benzene rings is 2. The van der Waals surface area contributed by atoms with Gasteiger partial charge in [0, 0.05) is 42.0 Å². The van der Waals surface area contributed by atoms with Gasteiger partial charge in [0.25, 0.3) is 5.91 Å². The number of ether oxygens (including phenoxy) is 2. The molecule has 2 heterocycles. The average molecular weight is 540 g/mol. The third-order valence-electron chi connectivity index (χ3n) is 8.42. The molecule has 2 N–H and O–H groups in total. The van der Waals surface area contributed by atoms with Crippen molar-refractivity contribution in [1.29, 1.82) is 0 Å². The topological polar surface area (TPSA) is 103 Å². The van der Waals surface area contributed by atoms with Gasteiger partial charge in [0.1, 0.15) is 5.75 Å². The van der Waals surface area contributed by atoms with E-state index in [1.54, 1.807) is 7.11 Å². The monoisotopic (exact) mass is 539 g/mol. The molecule has 0 bridgehead atoms. The third-order valence-corrected chi connectivity index (χ3v) is 8.42. The number of amides is 1. The van der Waals surface area contributed by atoms with Gasteiger partial charge < -0.3 is 24.5 Å². The van der Waals surface area contributed by atoms with Crippen LogP contribution in [0.4, 0.5) is 0 Å². The first kappa shape index (κ1) is 25.9. The van der Waals surface area contributed by atoms with Crippen LogP contribution in [0.2, 0.25) is 0 Å². The number of carbonyl (C=O) groups is 2. The Kier molecular flexibility index (Phi) is 6.70. The second kappa shape index (κ2) is 10.3. The predicted molar refractivity (Wildman–Crippen MR) is 152 cm³/mol. The maximum absolute atomic E-state index is 13.4. The van der Waals surface area contributed by atoms with Crippen molar-refractivity contribution in [3.63, 3.8) is 0 Å². The van der Waals surface area contributed by atoms with Crippen LogP contribution in [0.3, 0.4) is 0 Å². The van der Waals surface area contributed by atoms with Crippen LogP contribution in [0.25, 0.3) is 22.0 Å². The first-order chi connectivity index (χ1) is 19.4. The quantitative estimate of drug-likeness (QED) is 0.290. The summed E-state index contributed by atoms with van der Waals surface area (Å²) < 4.78 is 13.1. The molecule has 8 nitrogen and oxygen atoms in total. The number of aromatic nitrogens is 2. The summed E-state index contributed by atoms with van der Waals surface area (Å²) in [6, 6.07) is 18.0. The molecule has 2 aromatic carbocycles. The van der Waals surface area contributed by atoms with E-state index >= 15 is 0 Å². The van der Waals surface area contributed by atoms with Crippen molar-refractivity contribution in [2.45, 2.75) is 45.2 Å². The van der Waals surface area contributed by atoms with E-state index < -0.39 is 5.97 Å². The molecule has 0 saturated heterocycles. The van der Waals surface area contributed by atoms with Gasteiger partial charge in [0.2, 0.25) is 5.88 Å². The molecular weight excluding hydrogens is 506 g/mol. The predicted octanol–water partition coefficient (Wildman–Crippen LogP) is 5.53. The number of carboxylic acid groups (broad SMARTS) is 1. The average Bonchev–Trinajstić information content (AvgIpc) is 3.33. The Hall–Kier alpha value is -4.33. The molecule has 0 atom stereocenters. The number of nitrogens with one attached hydrogen (secondary N) is 1. The summed E-state index contributed by atoms with van der Waals surface area (Å²) in [5.74, 6) is 0.291. The van der Waals surface area contributed by atoms with Crippen molar-refractivity contribution >= 4 is 22.8 Å². The Labute approximate surface area is 232 Å². The lowest BCUT2D eigenvalue weighted by Gasteiger charge is -2.56. The molecule has 2 aliphatic rings. The van der Waals surface area contributed by atoms with E-state index in [0.29, 0.717) is 24.6 Å². The Bertz CT molecular complexity index is 1540. The van der Waals surface area contributed by atoms with Gasteiger partial charge in [-0.05, 0) is 73.4 Å². The minimum Gasteiger partial charge on any atom is -0.496 e. The Balaban J connectivity index is 1.19. The number of hydrogen-bond acceptors (Lipinski definition) is 5. The number of rotatable bonds is 9. The van der Waals surface area contributed by atoms with Crippen LogP contribution < -0.4 is 14.8 Å². The van der Waals surface area contributed by atoms with E-state index in [9.17, 15) is 14.7 Å². The fourth-order valence-electron chi connectivity index (χ4n) is 6.42. The summed E-state index contributed by atoms with van der Waals surface area (Å²) >= 11 is 0. The molecule has 2 fully saturated rings. The van der Waals surface area contributed by atoms with E-state index in [1.165, 1.54) is 0 Å². The van der Waals surface area contributed by atoms with Crippen LogP contribution in [-0.2, 0) is 11.3 Å². The van der Waals surface area contributed by atoms with E-state index in [0.717, 1.165) is 59.0 Å². The molecular formula is C32H33N3O5. The zero-order valence-electron chi connectivity index (χ0n) is 22.7. The number of carbonyl (C=O) groups excluding carboxylic acids is 1. The van der Waals surface area contributed by atoms with Crippen molar-refractivity contribution in [3.05, 3.63) is 78.1 Å². The van der Waals surface area contributed by atoms with Gasteiger partial charge in [-0.3, -0.25) is 9.59 Å². The zero-order chi connectivity index (χ0) is 27.9. The maximum atomic E-state index is 13.4. The normalized spacial score (nSPS) is 21.4. The summed E-state index contributed by atoms with van der Waals surface area (Å²) in [7, 11) is 1.64. The van der Waals surface area contributed by atoms with Gasteiger partial charge in [-0.2, -0.15) is 0 Å². The standard InChI is InChI=1S/C32H33N3O5/c1-3-40-28-11-8-22(18-33-28)21-6-4-20(5-7-21)19-35-13-12-25-27(39-2)10-9-26(29(25)35)30(36)34-24-16-32(17-24)14-23(15-32)31(37)38/h4-13,18,23-24H,3,14-17,19H2,1-2H3,(H,34,36)(H,37,38). The van der Waals surface area contributed by atoms with Crippen LogP contribution in [0.5, 0.6) is 11.6 Å². The smallest absolute Gasteiger partial charge is 0.306 e. The number of fused-ring (bicyclic) bond motifs is 1. The number of methoxy groups -OCH3 is 1. The van der Waals surface area contributed by atoms with Gasteiger partial charge >= 0.3 is 5.97 Å². The van der Waals surface area contributed by atoms with Gasteiger partial charge in [-0.1, -0.05) is 24.3 Å². The molecule has 2 aliphatic carbocycles. The van der Waals surface area contributed by atoms with Crippen LogP contribution >= 0.6 is 0 Å². The fourth-order valence-corrected chi connectivity index (χ4v) is 6.42. The van der Waals surface area contributed by atoms with E-state index in [2.05, 4.69) is 39.1 Å². The summed E-state index contributed by atoms with van der Waals surface area (Å²) in [6.45, 7) is 3.12. The van der Waals surface area contributed by atoms with Crippen molar-refractivity contribution in [1.82, 2.24) is 14.9 Å². The highest BCUT2D eigenvalue weighted by atomic mass is 16.5. The Morgan fingerprint density at radius 1 is 1.02 bits per heavy atom. The first-order valence-electron chi connectivity index (χ1n) is 13.8. The summed E-state index contributed by atoms with van der Waals surface area (Å²) in [5.41, 5.74) is 4.73. The molecule has 2 saturated carbocycles. The molecule has 206 valence electrons. The van der Waals surface area contributed by atoms with Crippen LogP contribution in [-0.4, -0.2) is 46.3 Å². The van der Waals surface area contributed by atoms with Crippen molar-refractivity contribution < 1.29 is 24.2 Å². The molecule has 4 aromatic rings. The Morgan fingerprint density at radius 3 is 2.42 bits per heavy atom. The highest BCUT2D eigenvalue weighted by Crippen LogP contribution is 2.58. The minimum atomic E-state index is -0.706. The fraction of sp³-hybridized carbons (Fsp3) is 0.344. The molecule has 6 rings (SSSR count). The molecule has 1 amide bonds. The molecule has 8 heteroatoms. The lowest BCUT2D eigenvalue weighted by atomic mass is 9.50. The second-order valence-corrected chi connectivity index (χ2v) is 11.1. The summed E-state index contributed by atoms with van der Waals surface area (Å²) in [6.07, 6.45) is 6.94. The largest absolute Gasteiger partial charge is 0.496 e. The SMILES string of the molecule is CCOc1ccc(-c2ccc(Cn3ccc4c(OC)ccc(C(=O)NC5CC6(C5)CC(C(=O)O)C6)c43)cc2)cn1. The van der Waals surface area contributed by atoms with Crippen LogP contribution in [0, 0.1) is 11.3 Å². The zero-order valence-corrected chi connectivity index (χ0v) is 22.7. The highest BCUT2D eigenvalue weighted by molar-refractivity contribution is 6.07. The molecule has 1 spiro atoms. The summed E-state index contributed by atoms with van der Waals surface area (Å²) in [5, 5.41) is 13.3. The number of hydrogen-bond donors (Lipinski definition) is 2. The lowest BCUT2D eigenvalue weighted by molar-refractivity contribution is -0.155. The second-order valence-electron chi connectivity index (χ2n) is 11.1. The molecule has 2 aromatic heterocycles. The molecule has 0 aliphatic heterocycles. The highest BCUT2D eigenvalue weighted by Gasteiger charge is 2.55. The van der Waals surface area contributed by atoms with E-state index in [1.807, 2.05) is 49.6 Å². The maximum Gasteiger partial charge on any atom is 0.306 e. The third kappa shape index (κ3) is 4.78. The summed E-state index contributed by atoms with van der Waals surface area (Å²) in [4.78, 5) is 29.0. The Morgan fingerprint density at radius 2 is 1.77 bits per heavy atom. The number of nitrogens with zero attached hydrogens (tertiary/aromatic N) is 2. The molecule has 40 heavy (non-hydrogen) atoms. The van der Waals surface area contributed by atoms with Gasteiger partial charge in [-0.15, -0.1) is 0 Å². The van der Waals surface area contributed by atoms with Gasteiger partial charge in [0.15, 0.2) is 0 Å². The number of pyridine rings is 1. The van der Waals surface area contributed by atoms with Gasteiger partial charge in [-0.25, -0.2) is 4.98 Å². The molecule has 0 unspecified atom stereocenters. The number of carboxylic acids is 1. The van der Waals surface area contributed by atoms with Crippen LogP contribution in [0.15, 0.2) is 67.0 Å². The van der Waals surface area contributed by atoms with Crippen molar-refractivity contribution in [2.24, 2.45) is 11.3 Å². The minimum absolute atomic E-state index is 0.0763. The van der Waals surface area contributed by atoms with Gasteiger partial charge in [0.05, 0.1) is 30.7 Å². The lowest BCUT2D eigenvalue weighted by Crippen LogP contribution is -2.57. The van der Waals surface area contributed by atoms with Crippen LogP contribution in [0.1, 0.15) is 48.5 Å². The number of aliphatic carboxylic acids is 1. The van der Waals surface area contributed by atoms with E-state index in [4.69, 9.17) is 9.47 Å². The van der Waals surface area contributed by atoms with E-state index in [-0.39, 0.29) is 23.3 Å². The van der Waals surface area contributed by atoms with Crippen molar-refractivity contribution in [3.8, 4) is 22.8 Å².